The van der Waals surface area contributed by atoms with Crippen LogP contribution in [-0.4, -0.2) is 34.6 Å². The molecule has 1 heterocycles. The molecule has 0 aliphatic rings. The van der Waals surface area contributed by atoms with Crippen molar-refractivity contribution in [3.63, 3.8) is 0 Å². The Balaban J connectivity index is 2.67. The third kappa shape index (κ3) is 2.11. The van der Waals surface area contributed by atoms with E-state index in [-0.39, 0.29) is 0 Å². The number of fused-ring (bicyclic) bond motifs is 1. The summed E-state index contributed by atoms with van der Waals surface area (Å²) < 4.78 is 2.17. The number of carbonyl (C=O) groups is 1. The highest BCUT2D eigenvalue weighted by Crippen LogP contribution is 2.24. The van der Waals surface area contributed by atoms with Crippen LogP contribution in [0.4, 0.5) is 0 Å². The summed E-state index contributed by atoms with van der Waals surface area (Å²) in [4.78, 5) is 13.3. The van der Waals surface area contributed by atoms with Crippen LogP contribution >= 0.6 is 0 Å². The highest BCUT2D eigenvalue weighted by Gasteiger charge is 2.14. The first kappa shape index (κ1) is 12.6. The molecule has 1 aromatic heterocycles. The van der Waals surface area contributed by atoms with Gasteiger partial charge in [-0.3, -0.25) is 0 Å². The summed E-state index contributed by atoms with van der Waals surface area (Å²) in [5, 5.41) is 10.0. The van der Waals surface area contributed by atoms with E-state index < -0.39 is 5.97 Å². The fourth-order valence-corrected chi connectivity index (χ4v) is 2.35. The number of benzene rings is 1. The fourth-order valence-electron chi connectivity index (χ4n) is 2.35. The molecule has 96 valence electrons. The van der Waals surface area contributed by atoms with Crippen LogP contribution in [0, 0.1) is 0 Å². The van der Waals surface area contributed by atoms with Crippen molar-refractivity contribution in [3.05, 3.63) is 35.5 Å². The van der Waals surface area contributed by atoms with Crippen molar-refractivity contribution in [1.82, 2.24) is 9.47 Å². The number of rotatable bonds is 4. The monoisotopic (exact) mass is 246 g/mol. The first-order valence-electron chi connectivity index (χ1n) is 6.03. The van der Waals surface area contributed by atoms with Gasteiger partial charge in [-0.25, -0.2) is 4.79 Å². The van der Waals surface area contributed by atoms with E-state index in [0.717, 1.165) is 29.7 Å². The second kappa shape index (κ2) is 4.82. The van der Waals surface area contributed by atoms with Crippen molar-refractivity contribution in [2.75, 3.05) is 14.1 Å². The zero-order chi connectivity index (χ0) is 13.3. The second-order valence-electron chi connectivity index (χ2n) is 4.66. The van der Waals surface area contributed by atoms with Crippen molar-refractivity contribution in [2.24, 2.45) is 0 Å². The van der Waals surface area contributed by atoms with E-state index in [4.69, 9.17) is 0 Å². The van der Waals surface area contributed by atoms with Gasteiger partial charge in [0.25, 0.3) is 0 Å². The molecule has 0 aliphatic carbocycles. The molecule has 0 spiro atoms. The number of hydrogen-bond acceptors (Lipinski definition) is 2. The first-order valence-corrected chi connectivity index (χ1v) is 6.03. The summed E-state index contributed by atoms with van der Waals surface area (Å²) in [6.45, 7) is 3.73. The lowest BCUT2D eigenvalue weighted by atomic mass is 10.1. The Morgan fingerprint density at radius 2 is 2.11 bits per heavy atom. The minimum Gasteiger partial charge on any atom is -0.478 e. The SMILES string of the molecule is CCn1c(CN(C)C)cc2c(C(=O)O)cccc21. The Morgan fingerprint density at radius 3 is 2.67 bits per heavy atom. The summed E-state index contributed by atoms with van der Waals surface area (Å²) in [6, 6.07) is 7.42. The molecule has 0 fully saturated rings. The van der Waals surface area contributed by atoms with Crippen LogP contribution in [-0.2, 0) is 13.1 Å². The number of aromatic carboxylic acids is 1. The number of nitrogens with zero attached hydrogens (tertiary/aromatic N) is 2. The van der Waals surface area contributed by atoms with Gasteiger partial charge in [-0.05, 0) is 39.2 Å². The van der Waals surface area contributed by atoms with Gasteiger partial charge < -0.3 is 14.6 Å². The first-order chi connectivity index (χ1) is 8.54. The molecule has 1 N–H and O–H groups in total. The van der Waals surface area contributed by atoms with E-state index in [1.54, 1.807) is 12.1 Å². The molecular weight excluding hydrogens is 228 g/mol. The molecule has 1 aromatic carbocycles. The standard InChI is InChI=1S/C14H18N2O2/c1-4-16-10(9-15(2)3)8-12-11(14(17)18)6-5-7-13(12)16/h5-8H,4,9H2,1-3H3,(H,17,18). The number of carboxylic acid groups (broad SMARTS) is 1. The van der Waals surface area contributed by atoms with Crippen LogP contribution < -0.4 is 0 Å². The maximum absolute atomic E-state index is 11.2. The number of aryl methyl sites for hydroxylation is 1. The third-order valence-corrected chi connectivity index (χ3v) is 3.06. The Hall–Kier alpha value is -1.81. The van der Waals surface area contributed by atoms with Crippen LogP contribution in [0.2, 0.25) is 0 Å². The average Bonchev–Trinajstić information content (AvgIpc) is 2.64. The molecule has 0 bridgehead atoms. The molecule has 0 aliphatic heterocycles. The predicted molar refractivity (Wildman–Crippen MR) is 72.0 cm³/mol. The van der Waals surface area contributed by atoms with E-state index in [2.05, 4.69) is 16.4 Å². The largest absolute Gasteiger partial charge is 0.478 e. The van der Waals surface area contributed by atoms with Crippen LogP contribution in [0.15, 0.2) is 24.3 Å². The molecule has 2 rings (SSSR count). The van der Waals surface area contributed by atoms with E-state index in [9.17, 15) is 9.90 Å². The van der Waals surface area contributed by atoms with E-state index in [0.29, 0.717) is 5.56 Å². The molecule has 0 unspecified atom stereocenters. The summed E-state index contributed by atoms with van der Waals surface area (Å²) >= 11 is 0. The normalized spacial score (nSPS) is 11.3. The van der Waals surface area contributed by atoms with Gasteiger partial charge in [0.15, 0.2) is 0 Å². The van der Waals surface area contributed by atoms with E-state index in [1.165, 1.54) is 0 Å². The number of aromatic nitrogens is 1. The topological polar surface area (TPSA) is 45.5 Å². The van der Waals surface area contributed by atoms with Gasteiger partial charge in [-0.15, -0.1) is 0 Å². The second-order valence-corrected chi connectivity index (χ2v) is 4.66. The van der Waals surface area contributed by atoms with Crippen LogP contribution in [0.1, 0.15) is 23.0 Å². The third-order valence-electron chi connectivity index (χ3n) is 3.06. The molecule has 4 nitrogen and oxygen atoms in total. The molecule has 0 saturated carbocycles. The minimum atomic E-state index is -0.870. The van der Waals surface area contributed by atoms with E-state index >= 15 is 0 Å². The molecule has 18 heavy (non-hydrogen) atoms. The van der Waals surface area contributed by atoms with Crippen molar-refractivity contribution >= 4 is 16.9 Å². The lowest BCUT2D eigenvalue weighted by Crippen LogP contribution is -2.14. The van der Waals surface area contributed by atoms with Gasteiger partial charge in [-0.1, -0.05) is 6.07 Å². The van der Waals surface area contributed by atoms with Crippen LogP contribution in [0.5, 0.6) is 0 Å². The number of carboxylic acids is 1. The van der Waals surface area contributed by atoms with Gasteiger partial charge >= 0.3 is 5.97 Å². The maximum Gasteiger partial charge on any atom is 0.336 e. The smallest absolute Gasteiger partial charge is 0.336 e. The van der Waals surface area contributed by atoms with Crippen molar-refractivity contribution in [2.45, 2.75) is 20.0 Å². The molecule has 0 amide bonds. The van der Waals surface area contributed by atoms with Crippen molar-refractivity contribution in [3.8, 4) is 0 Å². The Labute approximate surface area is 106 Å². The van der Waals surface area contributed by atoms with Gasteiger partial charge in [-0.2, -0.15) is 0 Å². The summed E-state index contributed by atoms with van der Waals surface area (Å²) in [5.41, 5.74) is 2.51. The molecule has 0 radical (unpaired) electrons. The van der Waals surface area contributed by atoms with Gasteiger partial charge in [0, 0.05) is 29.7 Å². The highest BCUT2D eigenvalue weighted by atomic mass is 16.4. The average molecular weight is 246 g/mol. The molecular formula is C14H18N2O2. The zero-order valence-corrected chi connectivity index (χ0v) is 11.0. The van der Waals surface area contributed by atoms with Crippen LogP contribution in [0.25, 0.3) is 10.9 Å². The zero-order valence-electron chi connectivity index (χ0n) is 11.0. The highest BCUT2D eigenvalue weighted by molar-refractivity contribution is 6.03. The molecule has 0 atom stereocenters. The number of hydrogen-bond donors (Lipinski definition) is 1. The quantitative estimate of drug-likeness (QED) is 0.901. The van der Waals surface area contributed by atoms with E-state index in [1.807, 2.05) is 26.2 Å². The Kier molecular flexibility index (Phi) is 3.39. The van der Waals surface area contributed by atoms with Gasteiger partial charge in [0.2, 0.25) is 0 Å². The predicted octanol–water partition coefficient (Wildman–Crippen LogP) is 2.42. The maximum atomic E-state index is 11.2. The lowest BCUT2D eigenvalue weighted by molar-refractivity contribution is 0.0699. The Bertz CT molecular complexity index is 585. The summed E-state index contributed by atoms with van der Waals surface area (Å²) in [7, 11) is 4.02. The van der Waals surface area contributed by atoms with Crippen LogP contribution in [0.3, 0.4) is 0 Å². The fraction of sp³-hybridized carbons (Fsp3) is 0.357. The van der Waals surface area contributed by atoms with Crippen molar-refractivity contribution in [1.29, 1.82) is 0 Å². The summed E-state index contributed by atoms with van der Waals surface area (Å²) in [6.07, 6.45) is 0. The lowest BCUT2D eigenvalue weighted by Gasteiger charge is -2.12. The van der Waals surface area contributed by atoms with Crippen molar-refractivity contribution < 1.29 is 9.90 Å². The summed E-state index contributed by atoms with van der Waals surface area (Å²) in [5.74, 6) is -0.870. The van der Waals surface area contributed by atoms with Gasteiger partial charge in [0.1, 0.15) is 0 Å². The molecule has 4 heteroatoms. The Morgan fingerprint density at radius 1 is 1.39 bits per heavy atom. The molecule has 2 aromatic rings. The van der Waals surface area contributed by atoms with Gasteiger partial charge in [0.05, 0.1) is 5.56 Å². The minimum absolute atomic E-state index is 0.375. The molecule has 0 saturated heterocycles.